The molecule has 1 unspecified atom stereocenters. The number of likely N-dealkylation sites (tertiary alicyclic amines) is 1. The monoisotopic (exact) mass is 470 g/mol. The van der Waals surface area contributed by atoms with E-state index >= 15 is 0 Å². The van der Waals surface area contributed by atoms with Crippen LogP contribution in [-0.2, 0) is 11.3 Å². The average molecular weight is 471 g/mol. The molecule has 0 saturated carbocycles. The second-order valence-electron chi connectivity index (χ2n) is 7.90. The second kappa shape index (κ2) is 11.5. The zero-order valence-electron chi connectivity index (χ0n) is 17.9. The lowest BCUT2D eigenvalue weighted by Gasteiger charge is -2.30. The first-order chi connectivity index (χ1) is 15.7. The fourth-order valence-corrected chi connectivity index (χ4v) is 4.76. The molecule has 8 heteroatoms. The minimum absolute atomic E-state index is 0.00387. The fourth-order valence-electron chi connectivity index (χ4n) is 3.78. The molecule has 0 radical (unpaired) electrons. The van der Waals surface area contributed by atoms with Crippen LogP contribution in [0.25, 0.3) is 11.4 Å². The third kappa shape index (κ3) is 6.58. The summed E-state index contributed by atoms with van der Waals surface area (Å²) in [4.78, 5) is 20.6. The lowest BCUT2D eigenvalue weighted by Crippen LogP contribution is -2.43. The van der Waals surface area contributed by atoms with Crippen LogP contribution in [0.1, 0.15) is 25.2 Å². The first kappa shape index (κ1) is 22.8. The molecule has 1 saturated heterocycles. The van der Waals surface area contributed by atoms with Gasteiger partial charge < -0.3 is 9.84 Å². The largest absolute Gasteiger partial charge is 0.356 e. The van der Waals surface area contributed by atoms with Gasteiger partial charge in [-0.25, -0.2) is 0 Å². The van der Waals surface area contributed by atoms with Gasteiger partial charge >= 0.3 is 0 Å². The van der Waals surface area contributed by atoms with E-state index in [0.717, 1.165) is 42.1 Å². The Labute approximate surface area is 197 Å². The van der Waals surface area contributed by atoms with Crippen molar-refractivity contribution >= 4 is 29.3 Å². The van der Waals surface area contributed by atoms with Gasteiger partial charge in [0.15, 0.2) is 0 Å². The number of hydrogen-bond donors (Lipinski definition) is 1. The van der Waals surface area contributed by atoms with E-state index in [-0.39, 0.29) is 11.8 Å². The SMILES string of the molecule is O=C(NCCCSc1ccc(Cl)cc1)C1CCCN(Cc2nc(-c3ccccc3)no2)C1. The van der Waals surface area contributed by atoms with Crippen molar-refractivity contribution in [2.45, 2.75) is 30.7 Å². The summed E-state index contributed by atoms with van der Waals surface area (Å²) in [5.74, 6) is 2.29. The number of thioether (sulfide) groups is 1. The Morgan fingerprint density at radius 2 is 2.00 bits per heavy atom. The Kier molecular flexibility index (Phi) is 8.20. The summed E-state index contributed by atoms with van der Waals surface area (Å²) in [6.45, 7) is 2.92. The number of carbonyl (C=O) groups is 1. The molecule has 2 heterocycles. The molecule has 1 fully saturated rings. The van der Waals surface area contributed by atoms with Crippen molar-refractivity contribution in [2.24, 2.45) is 5.92 Å². The Balaban J connectivity index is 1.18. The molecular formula is C24H27ClN4O2S. The molecule has 1 amide bonds. The highest BCUT2D eigenvalue weighted by molar-refractivity contribution is 7.99. The standard InChI is InChI=1S/C24H27ClN4O2S/c25-20-9-11-21(12-10-20)32-15-5-13-26-24(30)19-8-4-14-29(16-19)17-22-27-23(28-31-22)18-6-2-1-3-7-18/h1-3,6-7,9-12,19H,4-5,8,13-17H2,(H,26,30). The van der Waals surface area contributed by atoms with Crippen LogP contribution in [0.5, 0.6) is 0 Å². The van der Waals surface area contributed by atoms with E-state index in [4.69, 9.17) is 16.1 Å². The van der Waals surface area contributed by atoms with E-state index in [0.29, 0.717) is 31.3 Å². The number of piperidine rings is 1. The second-order valence-corrected chi connectivity index (χ2v) is 9.50. The molecule has 168 valence electrons. The number of nitrogens with one attached hydrogen (secondary N) is 1. The number of rotatable bonds is 9. The zero-order chi connectivity index (χ0) is 22.2. The molecule has 0 aliphatic carbocycles. The molecule has 3 aromatic rings. The highest BCUT2D eigenvalue weighted by atomic mass is 35.5. The number of nitrogens with zero attached hydrogens (tertiary/aromatic N) is 3. The minimum Gasteiger partial charge on any atom is -0.356 e. The summed E-state index contributed by atoms with van der Waals surface area (Å²) in [5, 5.41) is 7.94. The van der Waals surface area contributed by atoms with Crippen LogP contribution < -0.4 is 5.32 Å². The summed E-state index contributed by atoms with van der Waals surface area (Å²) in [5.41, 5.74) is 0.938. The first-order valence-corrected chi connectivity index (χ1v) is 12.3. The summed E-state index contributed by atoms with van der Waals surface area (Å²) in [7, 11) is 0. The van der Waals surface area contributed by atoms with Crippen molar-refractivity contribution in [3.63, 3.8) is 0 Å². The van der Waals surface area contributed by atoms with Gasteiger partial charge in [0.2, 0.25) is 17.6 Å². The van der Waals surface area contributed by atoms with Gasteiger partial charge in [-0.05, 0) is 55.8 Å². The average Bonchev–Trinajstić information content (AvgIpc) is 3.29. The van der Waals surface area contributed by atoms with Gasteiger partial charge in [-0.3, -0.25) is 9.69 Å². The van der Waals surface area contributed by atoms with Crippen LogP contribution in [0, 0.1) is 5.92 Å². The van der Waals surface area contributed by atoms with Gasteiger partial charge in [0.1, 0.15) is 0 Å². The lowest BCUT2D eigenvalue weighted by atomic mass is 9.97. The smallest absolute Gasteiger partial charge is 0.241 e. The maximum Gasteiger partial charge on any atom is 0.241 e. The van der Waals surface area contributed by atoms with Crippen LogP contribution >= 0.6 is 23.4 Å². The summed E-state index contributed by atoms with van der Waals surface area (Å²) >= 11 is 7.69. The first-order valence-electron chi connectivity index (χ1n) is 10.9. The van der Waals surface area contributed by atoms with Crippen LogP contribution in [0.3, 0.4) is 0 Å². The predicted octanol–water partition coefficient (Wildman–Crippen LogP) is 4.90. The molecule has 1 N–H and O–H groups in total. The molecule has 1 aromatic heterocycles. The predicted molar refractivity (Wildman–Crippen MR) is 128 cm³/mol. The molecule has 0 spiro atoms. The van der Waals surface area contributed by atoms with Crippen molar-refractivity contribution in [1.29, 1.82) is 0 Å². The molecule has 1 aliphatic rings. The maximum absolute atomic E-state index is 12.6. The molecule has 6 nitrogen and oxygen atoms in total. The van der Waals surface area contributed by atoms with Crippen molar-refractivity contribution in [2.75, 3.05) is 25.4 Å². The number of hydrogen-bond acceptors (Lipinski definition) is 6. The lowest BCUT2D eigenvalue weighted by molar-refractivity contribution is -0.126. The van der Waals surface area contributed by atoms with Crippen LogP contribution in [0.2, 0.25) is 5.02 Å². The van der Waals surface area contributed by atoms with Gasteiger partial charge in [0.05, 0.1) is 12.5 Å². The highest BCUT2D eigenvalue weighted by Gasteiger charge is 2.26. The number of halogens is 1. The molecule has 1 atom stereocenters. The van der Waals surface area contributed by atoms with E-state index in [1.165, 1.54) is 4.90 Å². The van der Waals surface area contributed by atoms with Crippen LogP contribution in [0.4, 0.5) is 0 Å². The summed E-state index contributed by atoms with van der Waals surface area (Å²) in [6.07, 6.45) is 2.84. The van der Waals surface area contributed by atoms with Crippen molar-refractivity contribution in [3.8, 4) is 11.4 Å². The van der Waals surface area contributed by atoms with E-state index in [1.54, 1.807) is 11.8 Å². The van der Waals surface area contributed by atoms with Gasteiger partial charge in [0, 0.05) is 28.6 Å². The van der Waals surface area contributed by atoms with Crippen LogP contribution in [-0.4, -0.2) is 46.3 Å². The van der Waals surface area contributed by atoms with E-state index in [1.807, 2.05) is 54.6 Å². The summed E-state index contributed by atoms with van der Waals surface area (Å²) in [6, 6.07) is 17.6. The molecule has 1 aliphatic heterocycles. The fraction of sp³-hybridized carbons (Fsp3) is 0.375. The Morgan fingerprint density at radius 1 is 1.19 bits per heavy atom. The maximum atomic E-state index is 12.6. The van der Waals surface area contributed by atoms with Crippen molar-refractivity contribution < 1.29 is 9.32 Å². The van der Waals surface area contributed by atoms with E-state index < -0.39 is 0 Å². The topological polar surface area (TPSA) is 71.3 Å². The number of benzene rings is 2. The number of amides is 1. The van der Waals surface area contributed by atoms with E-state index in [9.17, 15) is 4.79 Å². The van der Waals surface area contributed by atoms with Crippen LogP contribution in [0.15, 0.2) is 64.0 Å². The summed E-state index contributed by atoms with van der Waals surface area (Å²) < 4.78 is 5.44. The molecule has 2 aromatic carbocycles. The normalized spacial score (nSPS) is 16.7. The third-order valence-electron chi connectivity index (χ3n) is 5.44. The van der Waals surface area contributed by atoms with Crippen molar-refractivity contribution in [3.05, 3.63) is 65.5 Å². The number of carbonyl (C=O) groups excluding carboxylic acids is 1. The molecule has 0 bridgehead atoms. The van der Waals surface area contributed by atoms with E-state index in [2.05, 4.69) is 20.4 Å². The molecule has 4 rings (SSSR count). The van der Waals surface area contributed by atoms with Gasteiger partial charge in [-0.15, -0.1) is 11.8 Å². The quantitative estimate of drug-likeness (QED) is 0.354. The Bertz CT molecular complexity index is 997. The van der Waals surface area contributed by atoms with Gasteiger partial charge in [-0.2, -0.15) is 4.98 Å². The Hall–Kier alpha value is -2.35. The van der Waals surface area contributed by atoms with Gasteiger partial charge in [0.25, 0.3) is 0 Å². The van der Waals surface area contributed by atoms with Gasteiger partial charge in [-0.1, -0.05) is 47.1 Å². The van der Waals surface area contributed by atoms with Crippen molar-refractivity contribution in [1.82, 2.24) is 20.4 Å². The minimum atomic E-state index is 0.00387. The Morgan fingerprint density at radius 3 is 2.81 bits per heavy atom. The zero-order valence-corrected chi connectivity index (χ0v) is 19.4. The molecule has 32 heavy (non-hydrogen) atoms. The third-order valence-corrected chi connectivity index (χ3v) is 6.79. The highest BCUT2D eigenvalue weighted by Crippen LogP contribution is 2.22. The number of aromatic nitrogens is 2. The molecular weight excluding hydrogens is 444 g/mol.